The Balaban J connectivity index is 1.67. The molecule has 2 aromatic carbocycles. The largest absolute Gasteiger partial charge is 0.219 e. The molecule has 138 valence electrons. The van der Waals surface area contributed by atoms with Gasteiger partial charge in [0, 0.05) is 4.91 Å². The van der Waals surface area contributed by atoms with Crippen LogP contribution in [0.3, 0.4) is 0 Å². The third-order valence-electron chi connectivity index (χ3n) is 5.55. The number of sulfone groups is 1. The molecule has 0 aliphatic heterocycles. The fraction of sp³-hybridized carbons (Fsp3) is 0.391. The highest BCUT2D eigenvalue weighted by molar-refractivity contribution is 7.95. The first-order chi connectivity index (χ1) is 12.5. The van der Waals surface area contributed by atoms with Gasteiger partial charge in [-0.1, -0.05) is 75.2 Å². The zero-order valence-corrected chi connectivity index (χ0v) is 16.3. The molecule has 1 aliphatic rings. The topological polar surface area (TPSA) is 34.1 Å². The molecule has 2 nitrogen and oxygen atoms in total. The van der Waals surface area contributed by atoms with E-state index in [2.05, 4.69) is 37.8 Å². The van der Waals surface area contributed by atoms with E-state index in [0.717, 1.165) is 0 Å². The number of hydrogen-bond donors (Lipinski definition) is 0. The Morgan fingerprint density at radius 2 is 1.62 bits per heavy atom. The molecular weight excluding hydrogens is 340 g/mol. The second kappa shape index (κ2) is 8.22. The van der Waals surface area contributed by atoms with Gasteiger partial charge in [0.1, 0.15) is 0 Å². The third kappa shape index (κ3) is 4.27. The number of hydrogen-bond acceptors (Lipinski definition) is 2. The molecule has 26 heavy (non-hydrogen) atoms. The Kier molecular flexibility index (Phi) is 5.98. The van der Waals surface area contributed by atoms with E-state index in [-0.39, 0.29) is 10.8 Å². The first-order valence-electron chi connectivity index (χ1n) is 9.56. The highest BCUT2D eigenvalue weighted by Crippen LogP contribution is 2.34. The monoisotopic (exact) mass is 368 g/mol. The van der Waals surface area contributed by atoms with Crippen LogP contribution in [0.5, 0.6) is 0 Å². The fourth-order valence-electron chi connectivity index (χ4n) is 3.87. The predicted molar refractivity (Wildman–Crippen MR) is 108 cm³/mol. The zero-order valence-electron chi connectivity index (χ0n) is 15.5. The second-order valence-corrected chi connectivity index (χ2v) is 9.52. The Labute approximate surface area is 157 Å². The van der Waals surface area contributed by atoms with Gasteiger partial charge in [0.05, 0.1) is 4.90 Å². The van der Waals surface area contributed by atoms with Crippen LogP contribution < -0.4 is 0 Å². The van der Waals surface area contributed by atoms with Gasteiger partial charge in [-0.3, -0.25) is 0 Å². The summed E-state index contributed by atoms with van der Waals surface area (Å²) in [6.45, 7) is 5.94. The molecule has 0 aromatic heterocycles. The van der Waals surface area contributed by atoms with Crippen molar-refractivity contribution in [2.75, 3.05) is 0 Å². The molecule has 0 radical (unpaired) electrons. The smallest absolute Gasteiger partial charge is 0.202 e. The average molecular weight is 369 g/mol. The van der Waals surface area contributed by atoms with E-state index in [1.165, 1.54) is 43.2 Å². The van der Waals surface area contributed by atoms with Crippen LogP contribution in [0.4, 0.5) is 0 Å². The van der Waals surface area contributed by atoms with E-state index < -0.39 is 9.84 Å². The van der Waals surface area contributed by atoms with Gasteiger partial charge in [-0.25, -0.2) is 8.42 Å². The maximum atomic E-state index is 12.7. The van der Waals surface area contributed by atoms with Crippen LogP contribution in [0, 0.1) is 0 Å². The summed E-state index contributed by atoms with van der Waals surface area (Å²) in [5, 5.41) is 0. The Hall–Kier alpha value is -1.87. The van der Waals surface area contributed by atoms with Gasteiger partial charge < -0.3 is 0 Å². The number of benzene rings is 2. The maximum absolute atomic E-state index is 12.7. The quantitative estimate of drug-likeness (QED) is 0.607. The van der Waals surface area contributed by atoms with Gasteiger partial charge in [0.25, 0.3) is 0 Å². The van der Waals surface area contributed by atoms with Crippen LogP contribution >= 0.6 is 0 Å². The van der Waals surface area contributed by atoms with E-state index in [4.69, 9.17) is 0 Å². The van der Waals surface area contributed by atoms with E-state index in [9.17, 15) is 8.42 Å². The van der Waals surface area contributed by atoms with E-state index >= 15 is 0 Å². The lowest BCUT2D eigenvalue weighted by molar-refractivity contribution is 0.443. The molecule has 1 aliphatic carbocycles. The zero-order chi connectivity index (χ0) is 18.6. The van der Waals surface area contributed by atoms with Crippen molar-refractivity contribution in [2.45, 2.75) is 62.2 Å². The van der Waals surface area contributed by atoms with Crippen molar-refractivity contribution in [3.8, 4) is 0 Å². The molecule has 0 amide bonds. The van der Waals surface area contributed by atoms with Gasteiger partial charge in [-0.2, -0.15) is 0 Å². The normalized spacial score (nSPS) is 17.0. The molecule has 1 unspecified atom stereocenters. The lowest BCUT2D eigenvalue weighted by Crippen LogP contribution is -2.07. The number of rotatable bonds is 6. The summed E-state index contributed by atoms with van der Waals surface area (Å²) in [6, 6.07) is 17.4. The van der Waals surface area contributed by atoms with Crippen molar-refractivity contribution < 1.29 is 8.42 Å². The Morgan fingerprint density at radius 1 is 1.00 bits per heavy atom. The van der Waals surface area contributed by atoms with Crippen molar-refractivity contribution >= 4 is 9.84 Å². The number of allylic oxidation sites excluding steroid dienone is 1. The van der Waals surface area contributed by atoms with E-state index in [0.29, 0.717) is 17.2 Å². The summed E-state index contributed by atoms with van der Waals surface area (Å²) in [5.74, 6) is 0.822. The molecule has 3 rings (SSSR count). The highest BCUT2D eigenvalue weighted by Gasteiger charge is 2.21. The maximum Gasteiger partial charge on any atom is 0.202 e. The second-order valence-electron chi connectivity index (χ2n) is 7.46. The summed E-state index contributed by atoms with van der Waals surface area (Å²) in [5.41, 5.74) is 2.60. The van der Waals surface area contributed by atoms with Gasteiger partial charge >= 0.3 is 0 Å². The Bertz CT molecular complexity index is 830. The molecule has 0 N–H and O–H groups in total. The highest BCUT2D eigenvalue weighted by atomic mass is 32.2. The average Bonchev–Trinajstić information content (AvgIpc) is 2.69. The minimum Gasteiger partial charge on any atom is -0.219 e. The summed E-state index contributed by atoms with van der Waals surface area (Å²) < 4.78 is 25.3. The van der Waals surface area contributed by atoms with Crippen LogP contribution in [0.25, 0.3) is 0 Å². The van der Waals surface area contributed by atoms with Crippen molar-refractivity contribution in [1.82, 2.24) is 0 Å². The molecular formula is C23H28O2S. The molecule has 0 heterocycles. The molecule has 3 heteroatoms. The van der Waals surface area contributed by atoms with Crippen LogP contribution in [0.15, 0.2) is 71.0 Å². The first kappa shape index (κ1) is 18.9. The Morgan fingerprint density at radius 3 is 2.23 bits per heavy atom. The lowest BCUT2D eigenvalue weighted by Gasteiger charge is -2.22. The molecule has 0 spiro atoms. The van der Waals surface area contributed by atoms with E-state index in [1.54, 1.807) is 24.3 Å². The van der Waals surface area contributed by atoms with Crippen molar-refractivity contribution in [2.24, 2.45) is 0 Å². The van der Waals surface area contributed by atoms with Crippen LogP contribution in [-0.2, 0) is 9.84 Å². The lowest BCUT2D eigenvalue weighted by atomic mass is 9.83. The molecule has 1 atom stereocenters. The van der Waals surface area contributed by atoms with Crippen molar-refractivity contribution in [1.29, 1.82) is 0 Å². The summed E-state index contributed by atoms with van der Waals surface area (Å²) in [7, 11) is -3.46. The molecule has 0 bridgehead atoms. The molecule has 1 fully saturated rings. The standard InChI is InChI=1S/C23H28O2S/c1-18(17-19(2)26(24,25)23-11-7-4-8-12-23)20-13-15-22(16-14-20)21-9-5-3-6-10-21/h4,7-8,11-16,18,21H,2-3,5-6,9-10,17H2,1H3. The minimum absolute atomic E-state index is 0.126. The molecule has 2 aromatic rings. The van der Waals surface area contributed by atoms with Gasteiger partial charge in [0.2, 0.25) is 9.84 Å². The van der Waals surface area contributed by atoms with Crippen LogP contribution in [0.2, 0.25) is 0 Å². The van der Waals surface area contributed by atoms with Gasteiger partial charge in [-0.15, -0.1) is 0 Å². The molecule has 0 saturated heterocycles. The van der Waals surface area contributed by atoms with Gasteiger partial charge in [0.15, 0.2) is 0 Å². The van der Waals surface area contributed by atoms with Crippen molar-refractivity contribution in [3.63, 3.8) is 0 Å². The van der Waals surface area contributed by atoms with Crippen LogP contribution in [0.1, 0.15) is 68.4 Å². The summed E-state index contributed by atoms with van der Waals surface area (Å²) in [4.78, 5) is 0.609. The third-order valence-corrected chi connectivity index (χ3v) is 7.37. The summed E-state index contributed by atoms with van der Waals surface area (Å²) >= 11 is 0. The van der Waals surface area contributed by atoms with E-state index in [1.807, 2.05) is 6.07 Å². The molecule has 1 saturated carbocycles. The minimum atomic E-state index is -3.46. The SMILES string of the molecule is C=C(CC(C)c1ccc(C2CCCCC2)cc1)S(=O)(=O)c1ccccc1. The summed E-state index contributed by atoms with van der Waals surface area (Å²) in [6.07, 6.45) is 7.06. The fourth-order valence-corrected chi connectivity index (χ4v) is 5.19. The predicted octanol–water partition coefficient (Wildman–Crippen LogP) is 6.22. The van der Waals surface area contributed by atoms with Crippen molar-refractivity contribution in [3.05, 3.63) is 77.2 Å². The van der Waals surface area contributed by atoms with Crippen LogP contribution in [-0.4, -0.2) is 8.42 Å². The van der Waals surface area contributed by atoms with Gasteiger partial charge in [-0.05, 0) is 54.4 Å². The first-order valence-corrected chi connectivity index (χ1v) is 11.0.